The summed E-state index contributed by atoms with van der Waals surface area (Å²) in [6, 6.07) is 17.4. The first kappa shape index (κ1) is 14.1. The minimum absolute atomic E-state index is 0.0416. The molecule has 2 aromatic rings. The van der Waals surface area contributed by atoms with Crippen LogP contribution in [0.25, 0.3) is 0 Å². The first-order valence-corrected chi connectivity index (χ1v) is 6.74. The molecule has 1 atom stereocenters. The topological polar surface area (TPSA) is 29.1 Å². The molecule has 0 aliphatic heterocycles. The van der Waals surface area contributed by atoms with Crippen molar-refractivity contribution >= 4 is 5.91 Å². The Labute approximate surface area is 120 Å². The van der Waals surface area contributed by atoms with Gasteiger partial charge in [-0.05, 0) is 31.0 Å². The molecule has 20 heavy (non-hydrogen) atoms. The van der Waals surface area contributed by atoms with Crippen LogP contribution in [-0.2, 0) is 0 Å². The maximum absolute atomic E-state index is 12.2. The van der Waals surface area contributed by atoms with Crippen LogP contribution in [-0.4, -0.2) is 5.91 Å². The fourth-order valence-corrected chi connectivity index (χ4v) is 2.16. The molecule has 0 radical (unpaired) electrons. The zero-order chi connectivity index (χ0) is 14.4. The fourth-order valence-electron chi connectivity index (χ4n) is 2.16. The number of hydrogen-bond donors (Lipinski definition) is 1. The monoisotopic (exact) mass is 265 g/mol. The number of hydrogen-bond acceptors (Lipinski definition) is 1. The number of rotatable bonds is 5. The third-order valence-corrected chi connectivity index (χ3v) is 3.19. The van der Waals surface area contributed by atoms with Crippen molar-refractivity contribution in [1.29, 1.82) is 0 Å². The van der Waals surface area contributed by atoms with Gasteiger partial charge < -0.3 is 5.32 Å². The van der Waals surface area contributed by atoms with E-state index in [9.17, 15) is 4.79 Å². The van der Waals surface area contributed by atoms with Crippen molar-refractivity contribution in [3.05, 3.63) is 83.9 Å². The second kappa shape index (κ2) is 6.71. The van der Waals surface area contributed by atoms with Crippen LogP contribution < -0.4 is 5.32 Å². The van der Waals surface area contributed by atoms with Crippen molar-refractivity contribution in [3.8, 4) is 0 Å². The first-order valence-electron chi connectivity index (χ1n) is 6.74. The van der Waals surface area contributed by atoms with Crippen molar-refractivity contribution < 1.29 is 4.79 Å². The summed E-state index contributed by atoms with van der Waals surface area (Å²) in [5.41, 5.74) is 2.97. The highest BCUT2D eigenvalue weighted by molar-refractivity contribution is 5.94. The van der Waals surface area contributed by atoms with Crippen molar-refractivity contribution in [2.75, 3.05) is 0 Å². The van der Waals surface area contributed by atoms with Crippen LogP contribution in [0.5, 0.6) is 0 Å². The molecule has 2 aromatic carbocycles. The minimum Gasteiger partial charge on any atom is -0.345 e. The van der Waals surface area contributed by atoms with Crippen LogP contribution in [0.15, 0.2) is 67.3 Å². The minimum atomic E-state index is -0.0565. The van der Waals surface area contributed by atoms with Crippen molar-refractivity contribution in [1.82, 2.24) is 5.32 Å². The molecule has 0 unspecified atom stereocenters. The number of carbonyl (C=O) groups is 1. The van der Waals surface area contributed by atoms with E-state index in [0.717, 1.165) is 5.56 Å². The molecular weight excluding hydrogens is 246 g/mol. The van der Waals surface area contributed by atoms with Crippen molar-refractivity contribution in [2.45, 2.75) is 19.4 Å². The van der Waals surface area contributed by atoms with E-state index in [1.165, 1.54) is 5.56 Å². The van der Waals surface area contributed by atoms with E-state index in [1.807, 2.05) is 61.5 Å². The zero-order valence-electron chi connectivity index (χ0n) is 11.7. The van der Waals surface area contributed by atoms with E-state index in [4.69, 9.17) is 0 Å². The summed E-state index contributed by atoms with van der Waals surface area (Å²) < 4.78 is 0. The predicted octanol–water partition coefficient (Wildman–Crippen LogP) is 4.04. The third kappa shape index (κ3) is 3.58. The Morgan fingerprint density at radius 3 is 2.60 bits per heavy atom. The summed E-state index contributed by atoms with van der Waals surface area (Å²) in [7, 11) is 0. The maximum Gasteiger partial charge on any atom is 0.251 e. The molecule has 0 heterocycles. The molecule has 0 bridgehead atoms. The molecule has 0 aliphatic rings. The Bertz CT molecular complexity index is 589. The number of nitrogens with one attached hydrogen (secondary N) is 1. The van der Waals surface area contributed by atoms with Crippen molar-refractivity contribution in [2.24, 2.45) is 0 Å². The lowest BCUT2D eigenvalue weighted by Crippen LogP contribution is -2.28. The van der Waals surface area contributed by atoms with Gasteiger partial charge in [0.15, 0.2) is 0 Å². The molecule has 2 rings (SSSR count). The van der Waals surface area contributed by atoms with Crippen LogP contribution in [0.1, 0.15) is 33.9 Å². The third-order valence-electron chi connectivity index (χ3n) is 3.19. The normalized spacial score (nSPS) is 11.7. The molecule has 0 fully saturated rings. The largest absolute Gasteiger partial charge is 0.345 e. The van der Waals surface area contributed by atoms with E-state index in [0.29, 0.717) is 12.0 Å². The van der Waals surface area contributed by atoms with Gasteiger partial charge in [-0.1, -0.05) is 54.1 Å². The van der Waals surface area contributed by atoms with E-state index < -0.39 is 0 Å². The lowest BCUT2D eigenvalue weighted by atomic mass is 10.0. The lowest BCUT2D eigenvalue weighted by molar-refractivity contribution is 0.0937. The molecule has 0 saturated carbocycles. The van der Waals surface area contributed by atoms with Crippen LogP contribution in [0.3, 0.4) is 0 Å². The second-order valence-electron chi connectivity index (χ2n) is 4.83. The highest BCUT2D eigenvalue weighted by atomic mass is 16.1. The fraction of sp³-hybridized carbons (Fsp3) is 0.167. The number of benzene rings is 2. The zero-order valence-corrected chi connectivity index (χ0v) is 11.7. The molecule has 0 spiro atoms. The number of carbonyl (C=O) groups excluding carboxylic acids is 1. The van der Waals surface area contributed by atoms with Crippen LogP contribution in [0.2, 0.25) is 0 Å². The summed E-state index contributed by atoms with van der Waals surface area (Å²) in [6.45, 7) is 5.83. The van der Waals surface area contributed by atoms with Crippen molar-refractivity contribution in [3.63, 3.8) is 0 Å². The molecule has 0 saturated heterocycles. The van der Waals surface area contributed by atoms with Gasteiger partial charge in [0.25, 0.3) is 5.91 Å². The first-order chi connectivity index (χ1) is 9.70. The average Bonchev–Trinajstić information content (AvgIpc) is 2.47. The van der Waals surface area contributed by atoms with Gasteiger partial charge in [-0.15, -0.1) is 6.58 Å². The number of amides is 1. The Balaban J connectivity index is 2.18. The second-order valence-corrected chi connectivity index (χ2v) is 4.83. The van der Waals surface area contributed by atoms with Gasteiger partial charge in [0.2, 0.25) is 0 Å². The van der Waals surface area contributed by atoms with E-state index in [-0.39, 0.29) is 11.9 Å². The van der Waals surface area contributed by atoms with Gasteiger partial charge in [-0.3, -0.25) is 4.79 Å². The molecule has 102 valence electrons. The van der Waals surface area contributed by atoms with Gasteiger partial charge in [-0.25, -0.2) is 0 Å². The Morgan fingerprint density at radius 1 is 1.20 bits per heavy atom. The SMILES string of the molecule is C=CC[C@@H](NC(=O)c1ccccc1)c1cccc(C)c1. The lowest BCUT2D eigenvalue weighted by Gasteiger charge is -2.18. The van der Waals surface area contributed by atoms with E-state index >= 15 is 0 Å². The Hall–Kier alpha value is -2.35. The summed E-state index contributed by atoms with van der Waals surface area (Å²) >= 11 is 0. The standard InChI is InChI=1S/C18H19NO/c1-3-8-17(16-12-7-9-14(2)13-16)19-18(20)15-10-5-4-6-11-15/h3-7,9-13,17H,1,8H2,2H3,(H,19,20)/t17-/m1/s1. The smallest absolute Gasteiger partial charge is 0.251 e. The predicted molar refractivity (Wildman–Crippen MR) is 82.6 cm³/mol. The van der Waals surface area contributed by atoms with Gasteiger partial charge in [-0.2, -0.15) is 0 Å². The van der Waals surface area contributed by atoms with Gasteiger partial charge in [0.05, 0.1) is 6.04 Å². The molecule has 0 aromatic heterocycles. The summed E-state index contributed by atoms with van der Waals surface area (Å²) in [4.78, 5) is 12.2. The molecule has 2 heteroatoms. The molecular formula is C18H19NO. The number of aryl methyl sites for hydroxylation is 1. The summed E-state index contributed by atoms with van der Waals surface area (Å²) in [6.07, 6.45) is 2.54. The molecule has 0 aliphatic carbocycles. The average molecular weight is 265 g/mol. The highest BCUT2D eigenvalue weighted by Crippen LogP contribution is 2.19. The summed E-state index contributed by atoms with van der Waals surface area (Å²) in [5, 5.41) is 3.07. The van der Waals surface area contributed by atoms with Gasteiger partial charge in [0.1, 0.15) is 0 Å². The van der Waals surface area contributed by atoms with Crippen LogP contribution >= 0.6 is 0 Å². The van der Waals surface area contributed by atoms with E-state index in [1.54, 1.807) is 0 Å². The van der Waals surface area contributed by atoms with Gasteiger partial charge >= 0.3 is 0 Å². The Morgan fingerprint density at radius 2 is 1.95 bits per heavy atom. The molecule has 2 nitrogen and oxygen atoms in total. The van der Waals surface area contributed by atoms with Crippen LogP contribution in [0, 0.1) is 6.92 Å². The highest BCUT2D eigenvalue weighted by Gasteiger charge is 2.14. The van der Waals surface area contributed by atoms with E-state index in [2.05, 4.69) is 18.0 Å². The summed E-state index contributed by atoms with van der Waals surface area (Å²) in [5.74, 6) is -0.0565. The quantitative estimate of drug-likeness (QED) is 0.812. The molecule has 1 amide bonds. The Kier molecular flexibility index (Phi) is 4.72. The van der Waals surface area contributed by atoms with Gasteiger partial charge in [0, 0.05) is 5.56 Å². The van der Waals surface area contributed by atoms with Crippen LogP contribution in [0.4, 0.5) is 0 Å². The molecule has 1 N–H and O–H groups in total. The maximum atomic E-state index is 12.2.